The Bertz CT molecular complexity index is 1330. The van der Waals surface area contributed by atoms with Gasteiger partial charge in [0.05, 0.1) is 28.2 Å². The molecule has 0 radical (unpaired) electrons. The van der Waals surface area contributed by atoms with Crippen LogP contribution >= 0.6 is 11.3 Å². The lowest BCUT2D eigenvalue weighted by molar-refractivity contribution is -0.384. The molecule has 1 amide bonds. The maximum absolute atomic E-state index is 12.8. The Balaban J connectivity index is 1.73. The molecule has 31 heavy (non-hydrogen) atoms. The van der Waals surface area contributed by atoms with Crippen LogP contribution in [0.25, 0.3) is 21.0 Å². The van der Waals surface area contributed by atoms with Gasteiger partial charge >= 0.3 is 0 Å². The molecule has 3 aromatic carbocycles. The summed E-state index contributed by atoms with van der Waals surface area (Å²) in [6.07, 6.45) is 0.182. The van der Waals surface area contributed by atoms with Gasteiger partial charge in [-0.25, -0.2) is 0 Å². The quantitative estimate of drug-likeness (QED) is 0.243. The van der Waals surface area contributed by atoms with E-state index in [0.717, 1.165) is 21.0 Å². The van der Waals surface area contributed by atoms with Crippen LogP contribution in [0.15, 0.2) is 65.7 Å². The third-order valence-electron chi connectivity index (χ3n) is 4.98. The molecule has 0 saturated heterocycles. The van der Waals surface area contributed by atoms with Crippen molar-refractivity contribution in [3.8, 4) is 0 Å². The van der Waals surface area contributed by atoms with E-state index in [1.165, 1.54) is 23.5 Å². The average Bonchev–Trinajstić information content (AvgIpc) is 3.10. The van der Waals surface area contributed by atoms with Gasteiger partial charge in [-0.05, 0) is 29.3 Å². The summed E-state index contributed by atoms with van der Waals surface area (Å²) < 4.78 is 8.12. The Labute approximate surface area is 182 Å². The number of nitro groups is 1. The van der Waals surface area contributed by atoms with Gasteiger partial charge in [0.25, 0.3) is 11.6 Å². The first-order valence-corrected chi connectivity index (χ1v) is 10.8. The highest BCUT2D eigenvalue weighted by atomic mass is 32.1. The minimum Gasteiger partial charge on any atom is -0.380 e. The fraction of sp³-hybridized carbons (Fsp3) is 0.217. The number of hydrogen-bond acceptors (Lipinski definition) is 5. The van der Waals surface area contributed by atoms with Crippen molar-refractivity contribution in [1.82, 2.24) is 4.57 Å². The molecule has 0 atom stereocenters. The summed E-state index contributed by atoms with van der Waals surface area (Å²) in [6.45, 7) is 3.35. The smallest absolute Gasteiger partial charge is 0.271 e. The number of carbonyl (C=O) groups excluding carboxylic acids is 1. The van der Waals surface area contributed by atoms with Crippen LogP contribution in [0, 0.1) is 10.1 Å². The minimum atomic E-state index is -0.424. The molecule has 0 aliphatic rings. The second kappa shape index (κ2) is 9.20. The lowest BCUT2D eigenvalue weighted by Gasteiger charge is -2.06. The summed E-state index contributed by atoms with van der Waals surface area (Å²) in [5, 5.41) is 13.3. The Morgan fingerprint density at radius 2 is 1.97 bits per heavy atom. The van der Waals surface area contributed by atoms with Crippen LogP contribution < -0.4 is 4.80 Å². The van der Waals surface area contributed by atoms with Gasteiger partial charge in [-0.2, -0.15) is 4.99 Å². The molecule has 4 rings (SSSR count). The van der Waals surface area contributed by atoms with Crippen molar-refractivity contribution in [3.05, 3.63) is 81.1 Å². The highest BCUT2D eigenvalue weighted by molar-refractivity contribution is 7.16. The van der Waals surface area contributed by atoms with Crippen molar-refractivity contribution in [2.24, 2.45) is 4.99 Å². The Morgan fingerprint density at radius 1 is 1.16 bits per heavy atom. The zero-order valence-corrected chi connectivity index (χ0v) is 17.8. The summed E-state index contributed by atoms with van der Waals surface area (Å²) >= 11 is 1.34. The van der Waals surface area contributed by atoms with E-state index in [4.69, 9.17) is 4.74 Å². The molecule has 158 valence electrons. The van der Waals surface area contributed by atoms with Crippen LogP contribution in [-0.4, -0.2) is 28.6 Å². The standard InChI is InChI=1S/C23H21N3O4S/c1-2-30-13-12-25-20-15-18(26(28)29)10-11-21(20)31-23(25)24-22(27)14-17-8-5-7-16-6-3-4-9-19(16)17/h3-11,15H,2,12-14H2,1H3. The van der Waals surface area contributed by atoms with E-state index in [9.17, 15) is 14.9 Å². The van der Waals surface area contributed by atoms with Gasteiger partial charge < -0.3 is 9.30 Å². The highest BCUT2D eigenvalue weighted by Gasteiger charge is 2.13. The number of hydrogen-bond donors (Lipinski definition) is 0. The second-order valence-corrected chi connectivity index (χ2v) is 7.97. The third kappa shape index (κ3) is 4.55. The summed E-state index contributed by atoms with van der Waals surface area (Å²) in [4.78, 5) is 28.5. The number of aromatic nitrogens is 1. The Morgan fingerprint density at radius 3 is 2.77 bits per heavy atom. The van der Waals surface area contributed by atoms with Crippen molar-refractivity contribution >= 4 is 43.9 Å². The molecule has 0 aliphatic heterocycles. The fourth-order valence-electron chi connectivity index (χ4n) is 3.53. The van der Waals surface area contributed by atoms with Gasteiger partial charge in [0.2, 0.25) is 0 Å². The van der Waals surface area contributed by atoms with Crippen LogP contribution in [0.4, 0.5) is 5.69 Å². The van der Waals surface area contributed by atoms with Gasteiger partial charge in [-0.15, -0.1) is 0 Å². The average molecular weight is 436 g/mol. The molecular formula is C23H21N3O4S. The maximum Gasteiger partial charge on any atom is 0.271 e. The molecule has 7 nitrogen and oxygen atoms in total. The van der Waals surface area contributed by atoms with Crippen LogP contribution in [-0.2, 0) is 22.5 Å². The van der Waals surface area contributed by atoms with E-state index in [-0.39, 0.29) is 18.0 Å². The molecule has 1 aromatic heterocycles. The number of non-ortho nitro benzene ring substituents is 1. The zero-order valence-electron chi connectivity index (χ0n) is 17.0. The number of nitrogens with zero attached hydrogens (tertiary/aromatic N) is 3. The Hall–Kier alpha value is -3.36. The fourth-order valence-corrected chi connectivity index (χ4v) is 4.58. The maximum atomic E-state index is 12.8. The van der Waals surface area contributed by atoms with E-state index in [1.807, 2.05) is 54.0 Å². The zero-order chi connectivity index (χ0) is 21.8. The number of fused-ring (bicyclic) bond motifs is 2. The third-order valence-corrected chi connectivity index (χ3v) is 6.04. The topological polar surface area (TPSA) is 86.7 Å². The van der Waals surface area contributed by atoms with Crippen molar-refractivity contribution in [1.29, 1.82) is 0 Å². The summed E-state index contributed by atoms with van der Waals surface area (Å²) in [5.74, 6) is -0.262. The number of thiazole rings is 1. The normalized spacial score (nSPS) is 12.0. The number of carbonyl (C=O) groups is 1. The first-order valence-electron chi connectivity index (χ1n) is 9.96. The SMILES string of the molecule is CCOCCn1c(=NC(=O)Cc2cccc3ccccc23)sc2ccc([N+](=O)[O-])cc21. The van der Waals surface area contributed by atoms with Gasteiger partial charge in [-0.1, -0.05) is 53.8 Å². The molecule has 0 saturated carbocycles. The number of amides is 1. The molecule has 1 heterocycles. The molecule has 0 unspecified atom stereocenters. The lowest BCUT2D eigenvalue weighted by atomic mass is 10.0. The van der Waals surface area contributed by atoms with Crippen LogP contribution in [0.5, 0.6) is 0 Å². The van der Waals surface area contributed by atoms with Crippen molar-refractivity contribution < 1.29 is 14.5 Å². The Kier molecular flexibility index (Phi) is 6.20. The molecule has 0 N–H and O–H groups in total. The van der Waals surface area contributed by atoms with E-state index >= 15 is 0 Å². The molecular weight excluding hydrogens is 414 g/mol. The van der Waals surface area contributed by atoms with Crippen molar-refractivity contribution in [3.63, 3.8) is 0 Å². The predicted octanol–water partition coefficient (Wildman–Crippen LogP) is 4.47. The van der Waals surface area contributed by atoms with Crippen molar-refractivity contribution in [2.75, 3.05) is 13.2 Å². The largest absolute Gasteiger partial charge is 0.380 e. The highest BCUT2D eigenvalue weighted by Crippen LogP contribution is 2.23. The van der Waals surface area contributed by atoms with Gasteiger partial charge in [0, 0.05) is 25.3 Å². The summed E-state index contributed by atoms with van der Waals surface area (Å²) in [6, 6.07) is 18.5. The second-order valence-electron chi connectivity index (χ2n) is 6.96. The first kappa shape index (κ1) is 20.9. The first-order chi connectivity index (χ1) is 15.1. The molecule has 0 bridgehead atoms. The summed E-state index contributed by atoms with van der Waals surface area (Å²) in [7, 11) is 0. The van der Waals surface area contributed by atoms with Gasteiger partial charge in [-0.3, -0.25) is 14.9 Å². The number of ether oxygens (including phenoxy) is 1. The van der Waals surface area contributed by atoms with E-state index in [2.05, 4.69) is 4.99 Å². The number of nitro benzene ring substituents is 1. The monoisotopic (exact) mass is 435 g/mol. The van der Waals surface area contributed by atoms with E-state index < -0.39 is 4.92 Å². The molecule has 0 aliphatic carbocycles. The molecule has 4 aromatic rings. The molecule has 8 heteroatoms. The lowest BCUT2D eigenvalue weighted by Crippen LogP contribution is -2.20. The predicted molar refractivity (Wildman–Crippen MR) is 121 cm³/mol. The van der Waals surface area contributed by atoms with Crippen LogP contribution in [0.3, 0.4) is 0 Å². The van der Waals surface area contributed by atoms with Gasteiger partial charge in [0.1, 0.15) is 0 Å². The van der Waals surface area contributed by atoms with Crippen LogP contribution in [0.1, 0.15) is 12.5 Å². The number of rotatable bonds is 7. The summed E-state index contributed by atoms with van der Waals surface area (Å²) in [5.41, 5.74) is 1.60. The molecule has 0 spiro atoms. The van der Waals surface area contributed by atoms with Crippen LogP contribution in [0.2, 0.25) is 0 Å². The van der Waals surface area contributed by atoms with Crippen molar-refractivity contribution in [2.45, 2.75) is 19.9 Å². The van der Waals surface area contributed by atoms with E-state index in [1.54, 1.807) is 6.07 Å². The van der Waals surface area contributed by atoms with Gasteiger partial charge in [0.15, 0.2) is 4.80 Å². The van der Waals surface area contributed by atoms with E-state index in [0.29, 0.717) is 30.1 Å². The minimum absolute atomic E-state index is 0.00379. The number of benzene rings is 3. The molecule has 0 fully saturated rings.